The van der Waals surface area contributed by atoms with Crippen molar-refractivity contribution in [2.75, 3.05) is 6.54 Å². The van der Waals surface area contributed by atoms with Crippen LogP contribution in [0.2, 0.25) is 0 Å². The van der Waals surface area contributed by atoms with E-state index in [1.807, 2.05) is 0 Å². The summed E-state index contributed by atoms with van der Waals surface area (Å²) in [6, 6.07) is 13.0. The number of ether oxygens (including phenoxy) is 1. The maximum absolute atomic E-state index is 12.8. The lowest BCUT2D eigenvalue weighted by molar-refractivity contribution is -0.139. The van der Waals surface area contributed by atoms with Crippen LogP contribution in [0.1, 0.15) is 11.1 Å². The van der Waals surface area contributed by atoms with Crippen LogP contribution in [-0.2, 0) is 16.2 Å². The van der Waals surface area contributed by atoms with Crippen LogP contribution < -0.4 is 15.5 Å². The van der Waals surface area contributed by atoms with Crippen molar-refractivity contribution in [2.24, 2.45) is 5.10 Å². The quantitative estimate of drug-likeness (QED) is 0.346. The fraction of sp³-hybridized carbons (Fsp3) is 0.105. The average molecular weight is 355 g/mol. The van der Waals surface area contributed by atoms with Crippen LogP contribution in [0.15, 0.2) is 66.3 Å². The third-order valence-electron chi connectivity index (χ3n) is 3.19. The number of hydrazone groups is 1. The van der Waals surface area contributed by atoms with Gasteiger partial charge in [-0.05, 0) is 47.5 Å². The molecule has 0 atom stereocenters. The zero-order valence-electron chi connectivity index (χ0n) is 13.9. The van der Waals surface area contributed by atoms with Gasteiger partial charge in [0.05, 0.1) is 6.21 Å². The number of carbonyl (C=O) groups excluding carboxylic acids is 2. The van der Waals surface area contributed by atoms with Crippen LogP contribution in [0.4, 0.5) is 4.39 Å². The van der Waals surface area contributed by atoms with Gasteiger partial charge in [0.2, 0.25) is 0 Å². The first-order valence-corrected chi connectivity index (χ1v) is 7.78. The van der Waals surface area contributed by atoms with Crippen molar-refractivity contribution < 1.29 is 18.7 Å². The summed E-state index contributed by atoms with van der Waals surface area (Å²) in [5, 5.41) is 6.05. The summed E-state index contributed by atoms with van der Waals surface area (Å²) in [5.41, 5.74) is 3.70. The van der Waals surface area contributed by atoms with Gasteiger partial charge in [-0.1, -0.05) is 18.2 Å². The molecule has 7 heteroatoms. The highest BCUT2D eigenvalue weighted by atomic mass is 19.1. The maximum Gasteiger partial charge on any atom is 0.329 e. The minimum Gasteiger partial charge on any atom is -0.489 e. The van der Waals surface area contributed by atoms with E-state index in [1.165, 1.54) is 24.4 Å². The zero-order valence-corrected chi connectivity index (χ0v) is 13.9. The molecule has 2 N–H and O–H groups in total. The van der Waals surface area contributed by atoms with Crippen molar-refractivity contribution in [3.05, 3.63) is 78.1 Å². The third kappa shape index (κ3) is 6.20. The Bertz CT molecular complexity index is 787. The largest absolute Gasteiger partial charge is 0.489 e. The molecule has 0 aromatic heterocycles. The normalized spacial score (nSPS) is 10.3. The Morgan fingerprint density at radius 2 is 1.77 bits per heavy atom. The number of benzene rings is 2. The van der Waals surface area contributed by atoms with Gasteiger partial charge in [-0.15, -0.1) is 6.58 Å². The van der Waals surface area contributed by atoms with Crippen molar-refractivity contribution in [2.45, 2.75) is 6.61 Å². The van der Waals surface area contributed by atoms with E-state index < -0.39 is 11.8 Å². The molecule has 2 rings (SSSR count). The second-order valence-electron chi connectivity index (χ2n) is 5.18. The molecule has 0 fully saturated rings. The minimum atomic E-state index is -0.859. The van der Waals surface area contributed by atoms with Gasteiger partial charge in [0.1, 0.15) is 18.2 Å². The summed E-state index contributed by atoms with van der Waals surface area (Å²) < 4.78 is 18.4. The summed E-state index contributed by atoms with van der Waals surface area (Å²) in [4.78, 5) is 22.7. The number of nitrogens with zero attached hydrogens (tertiary/aromatic N) is 1. The van der Waals surface area contributed by atoms with Crippen molar-refractivity contribution >= 4 is 18.0 Å². The van der Waals surface area contributed by atoms with Crippen LogP contribution in [0.25, 0.3) is 0 Å². The molecule has 0 saturated carbocycles. The lowest BCUT2D eigenvalue weighted by Gasteiger charge is -2.06. The first-order valence-electron chi connectivity index (χ1n) is 7.78. The Hall–Kier alpha value is -3.48. The third-order valence-corrected chi connectivity index (χ3v) is 3.19. The Morgan fingerprint density at radius 1 is 1.08 bits per heavy atom. The molecule has 6 nitrogen and oxygen atoms in total. The molecule has 0 aliphatic heterocycles. The Balaban J connectivity index is 1.81. The summed E-state index contributed by atoms with van der Waals surface area (Å²) in [6.07, 6.45) is 2.87. The second-order valence-corrected chi connectivity index (χ2v) is 5.18. The van der Waals surface area contributed by atoms with Crippen LogP contribution in [0, 0.1) is 5.82 Å². The van der Waals surface area contributed by atoms with E-state index >= 15 is 0 Å². The molecule has 26 heavy (non-hydrogen) atoms. The molecule has 2 amide bonds. The number of rotatable bonds is 7. The molecule has 2 aromatic rings. The van der Waals surface area contributed by atoms with Crippen molar-refractivity contribution in [1.29, 1.82) is 0 Å². The lowest BCUT2D eigenvalue weighted by atomic mass is 10.2. The average Bonchev–Trinajstić information content (AvgIpc) is 2.66. The number of hydrogen-bond donors (Lipinski definition) is 2. The Kier molecular flexibility index (Phi) is 7.05. The van der Waals surface area contributed by atoms with E-state index in [1.54, 1.807) is 36.4 Å². The smallest absolute Gasteiger partial charge is 0.329 e. The van der Waals surface area contributed by atoms with Gasteiger partial charge in [0.15, 0.2) is 0 Å². The van der Waals surface area contributed by atoms with E-state index in [9.17, 15) is 14.0 Å². The standard InChI is InChI=1S/C19H18FN3O3/c1-2-11-21-18(24)19(25)23-22-12-14-5-9-17(10-6-14)26-13-15-3-7-16(20)8-4-15/h2-10,12H,1,11,13H2,(H,21,24)(H,23,25). The summed E-state index contributed by atoms with van der Waals surface area (Å²) >= 11 is 0. The highest BCUT2D eigenvalue weighted by Gasteiger charge is 2.10. The predicted molar refractivity (Wildman–Crippen MR) is 96.1 cm³/mol. The van der Waals surface area contributed by atoms with Gasteiger partial charge >= 0.3 is 11.8 Å². The number of hydrogen-bond acceptors (Lipinski definition) is 4. The summed E-state index contributed by atoms with van der Waals surface area (Å²) in [7, 11) is 0. The topological polar surface area (TPSA) is 79.8 Å². The van der Waals surface area contributed by atoms with Gasteiger partial charge in [-0.25, -0.2) is 9.82 Å². The molecule has 0 unspecified atom stereocenters. The van der Waals surface area contributed by atoms with E-state index in [2.05, 4.69) is 22.4 Å². The van der Waals surface area contributed by atoms with Gasteiger partial charge in [-0.3, -0.25) is 9.59 Å². The second kappa shape index (κ2) is 9.73. The fourth-order valence-electron chi connectivity index (χ4n) is 1.86. The highest BCUT2D eigenvalue weighted by molar-refractivity contribution is 6.35. The SMILES string of the molecule is C=CCNC(=O)C(=O)NN=Cc1ccc(OCc2ccc(F)cc2)cc1. The molecular weight excluding hydrogens is 337 g/mol. The van der Waals surface area contributed by atoms with Crippen LogP contribution in [-0.4, -0.2) is 24.6 Å². The van der Waals surface area contributed by atoms with E-state index in [0.717, 1.165) is 5.56 Å². The predicted octanol–water partition coefficient (Wildman–Crippen LogP) is 2.16. The molecule has 0 spiro atoms. The lowest BCUT2D eigenvalue weighted by Crippen LogP contribution is -2.37. The van der Waals surface area contributed by atoms with Crippen LogP contribution in [0.3, 0.4) is 0 Å². The van der Waals surface area contributed by atoms with Crippen molar-refractivity contribution in [3.63, 3.8) is 0 Å². The number of halogens is 1. The molecule has 0 aliphatic carbocycles. The van der Waals surface area contributed by atoms with Gasteiger partial charge < -0.3 is 10.1 Å². The van der Waals surface area contributed by atoms with E-state index in [-0.39, 0.29) is 12.4 Å². The van der Waals surface area contributed by atoms with Gasteiger partial charge in [-0.2, -0.15) is 5.10 Å². The fourth-order valence-corrected chi connectivity index (χ4v) is 1.86. The van der Waals surface area contributed by atoms with Crippen LogP contribution in [0.5, 0.6) is 5.75 Å². The zero-order chi connectivity index (χ0) is 18.8. The molecule has 2 aromatic carbocycles. The molecule has 134 valence electrons. The Labute approximate surface area is 150 Å². The molecule has 0 bridgehead atoms. The Morgan fingerprint density at radius 3 is 2.42 bits per heavy atom. The number of nitrogens with one attached hydrogen (secondary N) is 2. The molecule has 0 heterocycles. The van der Waals surface area contributed by atoms with Gasteiger partial charge in [0, 0.05) is 6.54 Å². The molecular formula is C19H18FN3O3. The molecule has 0 saturated heterocycles. The summed E-state index contributed by atoms with van der Waals surface area (Å²) in [6.45, 7) is 3.96. The van der Waals surface area contributed by atoms with E-state index in [4.69, 9.17) is 4.74 Å². The number of amides is 2. The highest BCUT2D eigenvalue weighted by Crippen LogP contribution is 2.13. The monoisotopic (exact) mass is 355 g/mol. The molecule has 0 radical (unpaired) electrons. The van der Waals surface area contributed by atoms with Gasteiger partial charge in [0.25, 0.3) is 0 Å². The maximum atomic E-state index is 12.8. The molecule has 0 aliphatic rings. The van der Waals surface area contributed by atoms with E-state index in [0.29, 0.717) is 17.9 Å². The first-order chi connectivity index (χ1) is 12.6. The van der Waals surface area contributed by atoms with Crippen LogP contribution >= 0.6 is 0 Å². The number of carbonyl (C=O) groups is 2. The van der Waals surface area contributed by atoms with Crippen molar-refractivity contribution in [1.82, 2.24) is 10.7 Å². The summed E-state index contributed by atoms with van der Waals surface area (Å²) in [5.74, 6) is -1.30. The van der Waals surface area contributed by atoms with Crippen molar-refractivity contribution in [3.8, 4) is 5.75 Å². The minimum absolute atomic E-state index is 0.204. The first kappa shape index (κ1) is 18.9.